The monoisotopic (exact) mass is 763 g/mol. The minimum absolute atomic E-state index is 0. The van der Waals surface area contributed by atoms with Crippen molar-refractivity contribution in [3.63, 3.8) is 0 Å². The predicted molar refractivity (Wildman–Crippen MR) is 185 cm³/mol. The molecule has 6 aromatic rings. The fourth-order valence-corrected chi connectivity index (χ4v) is 3.09. The van der Waals surface area contributed by atoms with Crippen molar-refractivity contribution in [1.29, 1.82) is 0 Å². The van der Waals surface area contributed by atoms with Crippen LogP contribution in [-0.4, -0.2) is 72.9 Å². The number of hydrogen-bond acceptors (Lipinski definition) is 12. The zero-order valence-electron chi connectivity index (χ0n) is 26.2. The smallest absolute Gasteiger partial charge is 0.412 e. The van der Waals surface area contributed by atoms with Crippen LogP contribution in [-0.2, 0) is 17.1 Å². The van der Waals surface area contributed by atoms with Gasteiger partial charge in [0.2, 0.25) is 0 Å². The molecule has 0 aliphatic heterocycles. The molecule has 0 saturated heterocycles. The van der Waals surface area contributed by atoms with Gasteiger partial charge in [0.1, 0.15) is 0 Å². The summed E-state index contributed by atoms with van der Waals surface area (Å²) >= 11 is 0. The Morgan fingerprint density at radius 3 is 0.510 bits per heavy atom. The predicted octanol–water partition coefficient (Wildman–Crippen LogP) is 1.00. The fourth-order valence-electron chi connectivity index (χ4n) is 3.09. The van der Waals surface area contributed by atoms with E-state index in [1.165, 1.54) is 0 Å². The zero-order chi connectivity index (χ0) is 31.8. The first-order chi connectivity index (χ1) is 21.4. The first kappa shape index (κ1) is 56.9. The maximum atomic E-state index is 8.25. The van der Waals surface area contributed by atoms with Gasteiger partial charge in [0, 0.05) is 37.2 Å². The Bertz CT molecular complexity index is 1320. The number of pyridine rings is 6. The summed E-state index contributed by atoms with van der Waals surface area (Å²) in [4.78, 5) is 41.6. The normalized spacial score (nSPS) is 7.76. The average molecular weight is 764 g/mol. The van der Waals surface area contributed by atoms with Gasteiger partial charge >= 0.3 is 17.1 Å². The van der Waals surface area contributed by atoms with Gasteiger partial charge < -0.3 is 63.5 Å². The Morgan fingerprint density at radius 2 is 0.431 bits per heavy atom. The zero-order valence-corrected chi connectivity index (χ0v) is 27.1. The molecule has 279 valence electrons. The van der Waals surface area contributed by atoms with Crippen molar-refractivity contribution in [3.8, 4) is 34.2 Å². The van der Waals surface area contributed by atoms with Gasteiger partial charge in [-0.05, 0) is 72.8 Å². The molecule has 6 rings (SSSR count). The molecule has 0 atom stereocenters. The Hall–Kier alpha value is -6.42. The molecule has 6 aromatic heterocycles. The minimum Gasteiger partial charge on any atom is -0.412 e. The van der Waals surface area contributed by atoms with Crippen molar-refractivity contribution >= 4 is 0 Å². The Labute approximate surface area is 300 Å². The average Bonchev–Trinajstić information content (AvgIpc) is 3.07. The van der Waals surface area contributed by atoms with Crippen molar-refractivity contribution in [3.05, 3.63) is 177 Å². The molecular weight excluding hydrogens is 728 g/mol. The van der Waals surface area contributed by atoms with E-state index in [4.69, 9.17) is 30.6 Å². The van der Waals surface area contributed by atoms with E-state index in [-0.39, 0.29) is 49.9 Å². The van der Waals surface area contributed by atoms with E-state index in [1.807, 2.05) is 109 Å². The van der Waals surface area contributed by atoms with Crippen molar-refractivity contribution in [2.24, 2.45) is 0 Å². The molecule has 0 spiro atoms. The van der Waals surface area contributed by atoms with Crippen LogP contribution in [0.25, 0.3) is 34.2 Å². The molecule has 0 saturated carbocycles. The second-order valence-electron chi connectivity index (χ2n) is 7.74. The molecular formula is C30H36CuN8O12. The first-order valence-corrected chi connectivity index (χ1v) is 12.5. The van der Waals surface area contributed by atoms with Crippen LogP contribution < -0.4 is 0 Å². The maximum Gasteiger partial charge on any atom is 2.00 e. The molecule has 0 amide bonds. The molecule has 0 unspecified atom stereocenters. The van der Waals surface area contributed by atoms with Crippen molar-refractivity contribution in [2.75, 3.05) is 0 Å². The van der Waals surface area contributed by atoms with Crippen molar-refractivity contribution in [1.82, 2.24) is 29.9 Å². The summed E-state index contributed by atoms with van der Waals surface area (Å²) < 4.78 is 0. The molecule has 20 nitrogen and oxygen atoms in total. The van der Waals surface area contributed by atoms with Crippen LogP contribution >= 0.6 is 0 Å². The molecule has 0 bridgehead atoms. The Morgan fingerprint density at radius 1 is 0.314 bits per heavy atom. The van der Waals surface area contributed by atoms with Gasteiger partial charge in [-0.25, -0.2) is 0 Å². The van der Waals surface area contributed by atoms with Gasteiger partial charge in [-0.15, -0.1) is 0 Å². The molecule has 1 radical (unpaired) electrons. The van der Waals surface area contributed by atoms with Crippen LogP contribution in [0.3, 0.4) is 0 Å². The Balaban J connectivity index is -0.000000127. The van der Waals surface area contributed by atoms with E-state index in [0.29, 0.717) is 0 Å². The van der Waals surface area contributed by atoms with Gasteiger partial charge in [0.25, 0.3) is 0 Å². The molecule has 0 aromatic carbocycles. The molecule has 21 heteroatoms. The van der Waals surface area contributed by atoms with Gasteiger partial charge in [-0.2, -0.15) is 0 Å². The van der Waals surface area contributed by atoms with E-state index in [1.54, 1.807) is 37.2 Å². The van der Waals surface area contributed by atoms with E-state index in [9.17, 15) is 0 Å². The summed E-state index contributed by atoms with van der Waals surface area (Å²) in [5.41, 5.74) is 5.49. The number of nitrogens with zero attached hydrogens (tertiary/aromatic N) is 8. The van der Waals surface area contributed by atoms with Crippen LogP contribution in [0, 0.1) is 30.6 Å². The summed E-state index contributed by atoms with van der Waals surface area (Å²) in [6.07, 6.45) is 10.6. The SMILES string of the molecule is O.O.O.O.O.O.O=[N+]([O-])[O-].O=[N+]([O-])[O-].[Cu+2].c1ccc(-c2ccccn2)nc1.c1ccc(-c2ccccn2)nc1.c1ccc(-c2ccccn2)nc1. The Kier molecular flexibility index (Phi) is 38.9. The summed E-state index contributed by atoms with van der Waals surface area (Å²) in [5, 5.41) is 29.5. The largest absolute Gasteiger partial charge is 2.00 e. The van der Waals surface area contributed by atoms with E-state index >= 15 is 0 Å². The van der Waals surface area contributed by atoms with Gasteiger partial charge in [-0.3, -0.25) is 29.9 Å². The fraction of sp³-hybridized carbons (Fsp3) is 0. The summed E-state index contributed by atoms with van der Waals surface area (Å²) in [6, 6.07) is 34.8. The van der Waals surface area contributed by atoms with Crippen LogP contribution in [0.15, 0.2) is 146 Å². The summed E-state index contributed by atoms with van der Waals surface area (Å²) in [6.45, 7) is 0. The third-order valence-corrected chi connectivity index (χ3v) is 4.78. The topological polar surface area (TPSA) is 399 Å². The molecule has 0 aliphatic rings. The molecule has 51 heavy (non-hydrogen) atoms. The molecule has 6 heterocycles. The second-order valence-corrected chi connectivity index (χ2v) is 7.74. The molecule has 0 fully saturated rings. The van der Waals surface area contributed by atoms with Gasteiger partial charge in [0.05, 0.1) is 44.3 Å². The van der Waals surface area contributed by atoms with Crippen LogP contribution in [0.4, 0.5) is 0 Å². The summed E-state index contributed by atoms with van der Waals surface area (Å²) in [7, 11) is 0. The third-order valence-electron chi connectivity index (χ3n) is 4.78. The third kappa shape index (κ3) is 26.2. The minimum atomic E-state index is -1.75. The number of rotatable bonds is 3. The summed E-state index contributed by atoms with van der Waals surface area (Å²) in [5.74, 6) is 0. The first-order valence-electron chi connectivity index (χ1n) is 12.5. The van der Waals surface area contributed by atoms with E-state index in [0.717, 1.165) is 34.2 Å². The second kappa shape index (κ2) is 34.9. The van der Waals surface area contributed by atoms with Crippen molar-refractivity contribution < 1.29 is 60.1 Å². The van der Waals surface area contributed by atoms with Crippen molar-refractivity contribution in [2.45, 2.75) is 0 Å². The molecule has 0 aliphatic carbocycles. The van der Waals surface area contributed by atoms with Crippen LogP contribution in [0.1, 0.15) is 0 Å². The van der Waals surface area contributed by atoms with E-state index in [2.05, 4.69) is 29.9 Å². The number of aromatic nitrogens is 6. The maximum absolute atomic E-state index is 8.25. The van der Waals surface area contributed by atoms with Gasteiger partial charge in [0.15, 0.2) is 0 Å². The van der Waals surface area contributed by atoms with Gasteiger partial charge in [-0.1, -0.05) is 36.4 Å². The van der Waals surface area contributed by atoms with Crippen LogP contribution in [0.5, 0.6) is 0 Å². The van der Waals surface area contributed by atoms with Crippen LogP contribution in [0.2, 0.25) is 0 Å². The van der Waals surface area contributed by atoms with E-state index < -0.39 is 10.2 Å². The molecule has 12 N–H and O–H groups in total. The quantitative estimate of drug-likeness (QED) is 0.138. The number of hydrogen-bond donors (Lipinski definition) is 0. The standard InChI is InChI=1S/3C10H8N2.Cu.2NO3.6H2O/c3*1-3-7-11-9(5-1)10-6-2-4-8-12-10;;2*2-1(3)4;;;;;;/h3*1-8H;;;;6*1H2/q;;;+2;2*-1;;;;;;.